The van der Waals surface area contributed by atoms with Gasteiger partial charge in [0.25, 0.3) is 0 Å². The van der Waals surface area contributed by atoms with Crippen molar-refractivity contribution in [2.75, 3.05) is 34.4 Å². The first-order chi connectivity index (χ1) is 52.5. The maximum atomic E-state index is 6.04. The van der Waals surface area contributed by atoms with Gasteiger partial charge in [-0.05, 0) is 73.6 Å². The van der Waals surface area contributed by atoms with Gasteiger partial charge in [0.2, 0.25) is 0 Å². The van der Waals surface area contributed by atoms with Gasteiger partial charge in [0, 0.05) is 71.6 Å². The molecule has 0 aliphatic carbocycles. The monoisotopic (exact) mass is 1430 g/mol. The Bertz CT molecular complexity index is 6290. The zero-order valence-corrected chi connectivity index (χ0v) is 61.9. The maximum absolute atomic E-state index is 6.04. The van der Waals surface area contributed by atoms with Crippen LogP contribution in [0.1, 0.15) is 79.3 Å². The molecule has 0 saturated carbocycles. The number of nitrogens with zero attached hydrogens (tertiary/aromatic N) is 18. The first-order valence-electron chi connectivity index (χ1n) is 36.4. The van der Waals surface area contributed by atoms with Crippen LogP contribution in [0.15, 0.2) is 214 Å². The van der Waals surface area contributed by atoms with Gasteiger partial charge in [0.1, 0.15) is 33.1 Å². The van der Waals surface area contributed by atoms with Crippen LogP contribution in [-0.4, -0.2) is 87.2 Å². The van der Waals surface area contributed by atoms with Crippen molar-refractivity contribution in [1.82, 2.24) is 87.2 Å². The van der Waals surface area contributed by atoms with E-state index in [-0.39, 0.29) is 0 Å². The molecule has 19 aromatic rings. The van der Waals surface area contributed by atoms with E-state index >= 15 is 0 Å². The number of pyridine rings is 6. The van der Waals surface area contributed by atoms with Gasteiger partial charge in [-0.2, -0.15) is 0 Å². The molecule has 108 heavy (non-hydrogen) atoms. The van der Waals surface area contributed by atoms with Gasteiger partial charge in [-0.1, -0.05) is 187 Å². The van der Waals surface area contributed by atoms with Crippen molar-refractivity contribution in [3.63, 3.8) is 0 Å². The standard InChI is InChI=1S/C17H14N4.4C14H16N4.C11H10N4/c18-17-15-16(13-8-4-5-9-14(13)20-17)21(11-19-15)10-12-6-2-1-3-7-12;2*1-9(2)7-18-8-16-12-13(18)10-5-3-4-6-11(10)17-14(12)15;1-3-9(2)18-8-16-12-13(18)10-6-4-5-7-11(10)17-14(12)15;1-2-3-8-18-9-16-12-13(18)10-6-4-5-7-11(10)17-14(12)15;1-15-6-13-9-10(15)7-4-2-3-5-8(7)14-11(9)12/h1-9,11H,10H2,(H2,18,20);2*3-6,8-9H,7H2,1-2H3,(H2,15,17);4-9H,3H2,1-2H3,(H2,15,17);4-7,9H,2-3,8H2,1H3,(H2,15,17);2-6H,1H3,(H2,12,14). The highest BCUT2D eigenvalue weighted by Crippen LogP contribution is 2.34. The molecule has 0 spiro atoms. The number of rotatable bonds is 11. The Morgan fingerprint density at radius 1 is 0.315 bits per heavy atom. The summed E-state index contributed by atoms with van der Waals surface area (Å²) in [6, 6.07) is 58.9. The Morgan fingerprint density at radius 3 is 0.972 bits per heavy atom. The molecule has 12 heterocycles. The maximum Gasteiger partial charge on any atom is 0.152 e. The lowest BCUT2D eigenvalue weighted by Gasteiger charge is -2.13. The Kier molecular flexibility index (Phi) is 20.6. The number of anilines is 6. The van der Waals surface area contributed by atoms with Crippen LogP contribution in [0, 0.1) is 11.8 Å². The highest BCUT2D eigenvalue weighted by Gasteiger charge is 2.19. The van der Waals surface area contributed by atoms with Crippen LogP contribution in [0.5, 0.6) is 0 Å². The topological polar surface area (TPSA) is 340 Å². The Balaban J connectivity index is 0.000000109. The molecule has 0 aliphatic heterocycles. The molecule has 19 rings (SSSR count). The minimum atomic E-state index is 0.403. The summed E-state index contributed by atoms with van der Waals surface area (Å²) in [6.07, 6.45) is 14.4. The molecule has 12 aromatic heterocycles. The van der Waals surface area contributed by atoms with E-state index in [2.05, 4.69) is 174 Å². The quantitative estimate of drug-likeness (QED) is 0.0700. The van der Waals surface area contributed by atoms with Crippen LogP contribution in [0.25, 0.3) is 132 Å². The minimum Gasteiger partial charge on any atom is -0.382 e. The molecule has 1 unspecified atom stereocenters. The lowest BCUT2D eigenvalue weighted by Crippen LogP contribution is -2.03. The molecule has 544 valence electrons. The van der Waals surface area contributed by atoms with Crippen molar-refractivity contribution in [2.45, 2.75) is 99.9 Å². The van der Waals surface area contributed by atoms with E-state index in [0.29, 0.717) is 52.8 Å². The third kappa shape index (κ3) is 14.4. The number of aryl methyl sites for hydroxylation is 2. The molecule has 0 amide bonds. The van der Waals surface area contributed by atoms with E-state index in [1.165, 1.54) is 5.56 Å². The van der Waals surface area contributed by atoms with Gasteiger partial charge in [-0.15, -0.1) is 0 Å². The third-order valence-electron chi connectivity index (χ3n) is 19.1. The van der Waals surface area contributed by atoms with E-state index in [0.717, 1.165) is 177 Å². The summed E-state index contributed by atoms with van der Waals surface area (Å²) in [5, 5.41) is 6.62. The summed E-state index contributed by atoms with van der Waals surface area (Å²) < 4.78 is 12.8. The van der Waals surface area contributed by atoms with E-state index in [1.54, 1.807) is 6.33 Å². The van der Waals surface area contributed by atoms with Gasteiger partial charge in [-0.25, -0.2) is 59.8 Å². The van der Waals surface area contributed by atoms with Crippen LogP contribution in [0.3, 0.4) is 0 Å². The van der Waals surface area contributed by atoms with Gasteiger partial charge in [0.15, 0.2) is 34.9 Å². The highest BCUT2D eigenvalue weighted by molar-refractivity contribution is 6.11. The number of para-hydroxylation sites is 6. The Hall–Kier alpha value is -13.4. The van der Waals surface area contributed by atoms with E-state index in [1.807, 2.05) is 177 Å². The highest BCUT2D eigenvalue weighted by atomic mass is 15.1. The van der Waals surface area contributed by atoms with Gasteiger partial charge >= 0.3 is 0 Å². The number of hydrogen-bond donors (Lipinski definition) is 6. The van der Waals surface area contributed by atoms with Crippen LogP contribution in [0.2, 0.25) is 0 Å². The van der Waals surface area contributed by atoms with Crippen molar-refractivity contribution in [2.24, 2.45) is 18.9 Å². The normalized spacial score (nSPS) is 11.8. The van der Waals surface area contributed by atoms with E-state index in [9.17, 15) is 0 Å². The van der Waals surface area contributed by atoms with Crippen molar-refractivity contribution >= 4 is 167 Å². The fourth-order valence-electron chi connectivity index (χ4n) is 13.9. The second kappa shape index (κ2) is 31.1. The van der Waals surface area contributed by atoms with Crippen LogP contribution in [-0.2, 0) is 33.2 Å². The zero-order chi connectivity index (χ0) is 75.3. The summed E-state index contributed by atoms with van der Waals surface area (Å²) in [6.45, 7) is 18.9. The van der Waals surface area contributed by atoms with Crippen molar-refractivity contribution in [3.05, 3.63) is 219 Å². The number of nitrogens with two attached hydrogens (primary N) is 6. The van der Waals surface area contributed by atoms with Crippen LogP contribution in [0.4, 0.5) is 34.9 Å². The average molecular weight is 1430 g/mol. The van der Waals surface area contributed by atoms with Crippen molar-refractivity contribution in [3.8, 4) is 0 Å². The largest absolute Gasteiger partial charge is 0.382 e. The van der Waals surface area contributed by atoms with E-state index in [4.69, 9.17) is 34.4 Å². The summed E-state index contributed by atoms with van der Waals surface area (Å²) >= 11 is 0. The lowest BCUT2D eigenvalue weighted by atomic mass is 10.1. The summed E-state index contributed by atoms with van der Waals surface area (Å²) in [4.78, 5) is 52.6. The van der Waals surface area contributed by atoms with Gasteiger partial charge in [-0.3, -0.25) is 0 Å². The number of nitrogen functional groups attached to an aromatic ring is 6. The number of imidazole rings is 6. The second-order valence-corrected chi connectivity index (χ2v) is 27.8. The molecule has 1 atom stereocenters. The Labute approximate surface area is 623 Å². The number of unbranched alkanes of at least 4 members (excludes halogenated alkanes) is 1. The molecule has 0 bridgehead atoms. The predicted octanol–water partition coefficient (Wildman–Crippen LogP) is 16.7. The SMILES string of the molecule is CC(C)Cn1cnc2c(N)nc3ccccc3c21.CC(C)Cn1cnc2c(N)nc3ccccc3c21.CCC(C)n1cnc2c(N)nc3ccccc3c21.CCCCn1cnc2c(N)nc3ccccc3c21.Cn1cnc2c(N)nc3ccccc3c21.Nc1nc2ccccc2c2c1ncn2Cc1ccccc1. The van der Waals surface area contributed by atoms with Crippen LogP contribution < -0.4 is 34.4 Å². The number of hydrogen-bond acceptors (Lipinski definition) is 18. The lowest BCUT2D eigenvalue weighted by molar-refractivity contribution is 0.533. The molecule has 0 aliphatic rings. The second-order valence-electron chi connectivity index (χ2n) is 27.8. The van der Waals surface area contributed by atoms with Crippen molar-refractivity contribution in [1.29, 1.82) is 0 Å². The van der Waals surface area contributed by atoms with Crippen LogP contribution >= 0.6 is 0 Å². The first-order valence-corrected chi connectivity index (χ1v) is 36.4. The molecule has 24 nitrogen and oxygen atoms in total. The number of aromatic nitrogens is 18. The van der Waals surface area contributed by atoms with E-state index < -0.39 is 0 Å². The van der Waals surface area contributed by atoms with Gasteiger partial charge in [0.05, 0.1) is 104 Å². The molecule has 7 aromatic carbocycles. The smallest absolute Gasteiger partial charge is 0.152 e. The summed E-state index contributed by atoms with van der Waals surface area (Å²) in [7, 11) is 1.96. The first kappa shape index (κ1) is 71.6. The Morgan fingerprint density at radius 2 is 0.602 bits per heavy atom. The summed E-state index contributed by atoms with van der Waals surface area (Å²) in [5.74, 6) is 4.13. The molecule has 0 radical (unpaired) electrons. The number of fused-ring (bicyclic) bond motifs is 18. The molecular weight excluding hydrogens is 1350 g/mol. The molecule has 12 N–H and O–H groups in total. The number of benzene rings is 7. The fraction of sp³-hybridized carbons (Fsp3) is 0.214. The zero-order valence-electron chi connectivity index (χ0n) is 61.9. The van der Waals surface area contributed by atoms with Crippen molar-refractivity contribution < 1.29 is 0 Å². The van der Waals surface area contributed by atoms with Gasteiger partial charge < -0.3 is 61.8 Å². The average Bonchev–Trinajstić information content (AvgIpc) is 1.60. The molecule has 0 saturated heterocycles. The molecular formula is C84H88N24. The summed E-state index contributed by atoms with van der Waals surface area (Å²) in [5.41, 5.74) is 53.8. The fourth-order valence-corrected chi connectivity index (χ4v) is 13.9. The minimum absolute atomic E-state index is 0.403. The molecule has 24 heteroatoms. The predicted molar refractivity (Wildman–Crippen MR) is 443 cm³/mol. The third-order valence-corrected chi connectivity index (χ3v) is 19.1. The molecule has 0 fully saturated rings.